The van der Waals surface area contributed by atoms with E-state index in [0.717, 1.165) is 16.9 Å². The highest BCUT2D eigenvalue weighted by atomic mass is 16.5. The minimum atomic E-state index is -0.0753. The monoisotopic (exact) mass is 312 g/mol. The first kappa shape index (κ1) is 16.6. The van der Waals surface area contributed by atoms with Crippen LogP contribution in [0.3, 0.4) is 0 Å². The van der Waals surface area contributed by atoms with Gasteiger partial charge in [-0.05, 0) is 55.0 Å². The van der Waals surface area contributed by atoms with E-state index >= 15 is 0 Å². The summed E-state index contributed by atoms with van der Waals surface area (Å²) in [7, 11) is 4.79. The van der Waals surface area contributed by atoms with Crippen LogP contribution in [0.4, 0.5) is 0 Å². The highest BCUT2D eigenvalue weighted by molar-refractivity contribution is 6.07. The predicted molar refractivity (Wildman–Crippen MR) is 90.6 cm³/mol. The minimum Gasteiger partial charge on any atom is -0.497 e. The number of hydrogen-bond acceptors (Lipinski definition) is 4. The number of hydrogen-bond donors (Lipinski definition) is 0. The summed E-state index contributed by atoms with van der Waals surface area (Å²) in [4.78, 5) is 12.3. The van der Waals surface area contributed by atoms with Crippen molar-refractivity contribution in [1.82, 2.24) is 0 Å². The largest absolute Gasteiger partial charge is 0.497 e. The Balaban J connectivity index is 2.22. The van der Waals surface area contributed by atoms with Gasteiger partial charge in [0.25, 0.3) is 0 Å². The zero-order chi connectivity index (χ0) is 16.8. The number of ketones is 1. The SMILES string of the molecule is COc1ccc(/C=C/C(=O)c2ccc(OC)c(C)c2)c(OC)c1. The van der Waals surface area contributed by atoms with Gasteiger partial charge in [-0.1, -0.05) is 0 Å². The van der Waals surface area contributed by atoms with Crippen LogP contribution in [0.5, 0.6) is 17.2 Å². The summed E-state index contributed by atoms with van der Waals surface area (Å²) in [6, 6.07) is 10.8. The summed E-state index contributed by atoms with van der Waals surface area (Å²) in [6.07, 6.45) is 3.27. The zero-order valence-electron chi connectivity index (χ0n) is 13.8. The number of aryl methyl sites for hydroxylation is 1. The van der Waals surface area contributed by atoms with Crippen molar-refractivity contribution in [2.45, 2.75) is 6.92 Å². The predicted octanol–water partition coefficient (Wildman–Crippen LogP) is 3.92. The number of carbonyl (C=O) groups excluding carboxylic acids is 1. The van der Waals surface area contributed by atoms with Crippen molar-refractivity contribution in [2.24, 2.45) is 0 Å². The van der Waals surface area contributed by atoms with Crippen LogP contribution in [0.2, 0.25) is 0 Å². The zero-order valence-corrected chi connectivity index (χ0v) is 13.8. The number of benzene rings is 2. The molecule has 2 rings (SSSR count). The van der Waals surface area contributed by atoms with Crippen LogP contribution >= 0.6 is 0 Å². The van der Waals surface area contributed by atoms with Crippen molar-refractivity contribution in [3.8, 4) is 17.2 Å². The van der Waals surface area contributed by atoms with Gasteiger partial charge in [0.2, 0.25) is 0 Å². The van der Waals surface area contributed by atoms with Crippen LogP contribution in [0, 0.1) is 6.92 Å². The smallest absolute Gasteiger partial charge is 0.185 e. The second-order valence-electron chi connectivity index (χ2n) is 4.99. The van der Waals surface area contributed by atoms with Crippen molar-refractivity contribution in [2.75, 3.05) is 21.3 Å². The normalized spacial score (nSPS) is 10.6. The van der Waals surface area contributed by atoms with Gasteiger partial charge < -0.3 is 14.2 Å². The molecule has 0 aliphatic carbocycles. The molecule has 0 N–H and O–H groups in total. The Bertz CT molecular complexity index is 732. The minimum absolute atomic E-state index is 0.0753. The summed E-state index contributed by atoms with van der Waals surface area (Å²) < 4.78 is 15.7. The van der Waals surface area contributed by atoms with E-state index in [1.807, 2.05) is 25.1 Å². The molecule has 0 bridgehead atoms. The molecule has 0 amide bonds. The molecule has 0 saturated heterocycles. The Labute approximate surface area is 136 Å². The molecule has 120 valence electrons. The lowest BCUT2D eigenvalue weighted by molar-refractivity contribution is 0.104. The molecule has 0 saturated carbocycles. The van der Waals surface area contributed by atoms with Crippen molar-refractivity contribution < 1.29 is 19.0 Å². The number of carbonyl (C=O) groups is 1. The average Bonchev–Trinajstić information content (AvgIpc) is 2.59. The van der Waals surface area contributed by atoms with Gasteiger partial charge in [0, 0.05) is 17.2 Å². The van der Waals surface area contributed by atoms with Gasteiger partial charge >= 0.3 is 0 Å². The van der Waals surface area contributed by atoms with E-state index in [-0.39, 0.29) is 5.78 Å². The van der Waals surface area contributed by atoms with Crippen molar-refractivity contribution in [3.05, 3.63) is 59.2 Å². The van der Waals surface area contributed by atoms with Gasteiger partial charge in [-0.15, -0.1) is 0 Å². The number of ether oxygens (including phenoxy) is 3. The van der Waals surface area contributed by atoms with E-state index in [1.165, 1.54) is 6.08 Å². The highest BCUT2D eigenvalue weighted by Crippen LogP contribution is 2.26. The Morgan fingerprint density at radius 2 is 1.65 bits per heavy atom. The maximum atomic E-state index is 12.3. The van der Waals surface area contributed by atoms with E-state index in [2.05, 4.69) is 0 Å². The Kier molecular flexibility index (Phi) is 5.41. The number of rotatable bonds is 6. The van der Waals surface area contributed by atoms with Gasteiger partial charge in [-0.2, -0.15) is 0 Å². The molecule has 4 heteroatoms. The van der Waals surface area contributed by atoms with E-state index in [0.29, 0.717) is 17.1 Å². The van der Waals surface area contributed by atoms with E-state index in [1.54, 1.807) is 45.6 Å². The fourth-order valence-corrected chi connectivity index (χ4v) is 2.25. The Morgan fingerprint density at radius 1 is 0.913 bits per heavy atom. The highest BCUT2D eigenvalue weighted by Gasteiger charge is 2.07. The van der Waals surface area contributed by atoms with Gasteiger partial charge in [0.15, 0.2) is 5.78 Å². The summed E-state index contributed by atoms with van der Waals surface area (Å²) in [5.41, 5.74) is 2.35. The molecule has 0 spiro atoms. The third kappa shape index (κ3) is 3.92. The second kappa shape index (κ2) is 7.49. The van der Waals surface area contributed by atoms with E-state index < -0.39 is 0 Å². The number of methoxy groups -OCH3 is 3. The first-order chi connectivity index (χ1) is 11.1. The van der Waals surface area contributed by atoms with Crippen LogP contribution in [-0.2, 0) is 0 Å². The third-order valence-corrected chi connectivity index (χ3v) is 3.53. The topological polar surface area (TPSA) is 44.8 Å². The molecule has 0 radical (unpaired) electrons. The van der Waals surface area contributed by atoms with Gasteiger partial charge in [0.05, 0.1) is 21.3 Å². The molecule has 0 unspecified atom stereocenters. The van der Waals surface area contributed by atoms with Crippen LogP contribution in [0.1, 0.15) is 21.5 Å². The second-order valence-corrected chi connectivity index (χ2v) is 4.99. The van der Waals surface area contributed by atoms with Crippen molar-refractivity contribution in [3.63, 3.8) is 0 Å². The molecule has 0 aliphatic heterocycles. The average molecular weight is 312 g/mol. The number of allylic oxidation sites excluding steroid dienone is 1. The molecule has 0 aromatic heterocycles. The maximum Gasteiger partial charge on any atom is 0.185 e. The molecule has 0 atom stereocenters. The third-order valence-electron chi connectivity index (χ3n) is 3.53. The van der Waals surface area contributed by atoms with Gasteiger partial charge in [0.1, 0.15) is 17.2 Å². The lowest BCUT2D eigenvalue weighted by Crippen LogP contribution is -1.97. The summed E-state index contributed by atoms with van der Waals surface area (Å²) >= 11 is 0. The summed E-state index contributed by atoms with van der Waals surface area (Å²) in [5, 5.41) is 0. The standard InChI is InChI=1S/C19H20O4/c1-13-11-15(7-10-18(13)22-3)17(20)9-6-14-5-8-16(21-2)12-19(14)23-4/h5-12H,1-4H3/b9-6+. The quantitative estimate of drug-likeness (QED) is 0.599. The Hall–Kier alpha value is -2.75. The Morgan fingerprint density at radius 3 is 2.26 bits per heavy atom. The van der Waals surface area contributed by atoms with Crippen LogP contribution in [0.25, 0.3) is 6.08 Å². The lowest BCUT2D eigenvalue weighted by Gasteiger charge is -2.07. The molecule has 0 aliphatic rings. The first-order valence-electron chi connectivity index (χ1n) is 7.18. The fraction of sp³-hybridized carbons (Fsp3) is 0.211. The molecule has 0 heterocycles. The van der Waals surface area contributed by atoms with Crippen LogP contribution < -0.4 is 14.2 Å². The van der Waals surface area contributed by atoms with E-state index in [4.69, 9.17) is 14.2 Å². The molecular formula is C19H20O4. The summed E-state index contributed by atoms with van der Waals surface area (Å²) in [6.45, 7) is 1.91. The molecule has 2 aromatic carbocycles. The van der Waals surface area contributed by atoms with E-state index in [9.17, 15) is 4.79 Å². The van der Waals surface area contributed by atoms with Crippen LogP contribution in [-0.4, -0.2) is 27.1 Å². The summed E-state index contributed by atoms with van der Waals surface area (Å²) in [5.74, 6) is 2.05. The lowest BCUT2D eigenvalue weighted by atomic mass is 10.1. The van der Waals surface area contributed by atoms with Crippen LogP contribution in [0.15, 0.2) is 42.5 Å². The molecule has 0 fully saturated rings. The van der Waals surface area contributed by atoms with Gasteiger partial charge in [-0.3, -0.25) is 4.79 Å². The molecular weight excluding hydrogens is 292 g/mol. The fourth-order valence-electron chi connectivity index (χ4n) is 2.25. The van der Waals surface area contributed by atoms with Crippen molar-refractivity contribution >= 4 is 11.9 Å². The molecule has 2 aromatic rings. The molecule has 4 nitrogen and oxygen atoms in total. The van der Waals surface area contributed by atoms with Crippen molar-refractivity contribution in [1.29, 1.82) is 0 Å². The maximum absolute atomic E-state index is 12.3. The molecule has 23 heavy (non-hydrogen) atoms. The van der Waals surface area contributed by atoms with Gasteiger partial charge in [-0.25, -0.2) is 0 Å². The first-order valence-corrected chi connectivity index (χ1v) is 7.18.